The number of ether oxygens (including phenoxy) is 1. The Morgan fingerprint density at radius 1 is 1.26 bits per heavy atom. The van der Waals surface area contributed by atoms with Crippen molar-refractivity contribution in [1.29, 1.82) is 0 Å². The largest absolute Gasteiger partial charge is 0.496 e. The first kappa shape index (κ1) is 16.0. The Balaban J connectivity index is 3.22. The molecule has 0 radical (unpaired) electrons. The molecule has 0 aromatic heterocycles. The number of rotatable bonds is 6. The van der Waals surface area contributed by atoms with Crippen LogP contribution < -0.4 is 10.5 Å². The van der Waals surface area contributed by atoms with Gasteiger partial charge in [-0.3, -0.25) is 0 Å². The molecular formula is C16H28N2O. The Bertz CT molecular complexity index is 415. The van der Waals surface area contributed by atoms with Crippen molar-refractivity contribution in [2.75, 3.05) is 27.7 Å². The lowest BCUT2D eigenvalue weighted by Gasteiger charge is -2.30. The van der Waals surface area contributed by atoms with Crippen molar-refractivity contribution in [3.05, 3.63) is 28.8 Å². The van der Waals surface area contributed by atoms with E-state index in [1.165, 1.54) is 16.7 Å². The number of aryl methyl sites for hydroxylation is 2. The zero-order chi connectivity index (χ0) is 14.6. The zero-order valence-electron chi connectivity index (χ0n) is 13.2. The molecule has 0 bridgehead atoms. The smallest absolute Gasteiger partial charge is 0.124 e. The molecule has 0 spiro atoms. The van der Waals surface area contributed by atoms with E-state index in [0.717, 1.165) is 18.7 Å². The van der Waals surface area contributed by atoms with Crippen LogP contribution in [0.2, 0.25) is 0 Å². The average molecular weight is 264 g/mol. The fourth-order valence-electron chi connectivity index (χ4n) is 2.60. The van der Waals surface area contributed by atoms with Gasteiger partial charge in [-0.2, -0.15) is 0 Å². The lowest BCUT2D eigenvalue weighted by atomic mass is 9.90. The molecule has 0 saturated carbocycles. The van der Waals surface area contributed by atoms with Gasteiger partial charge in [-0.1, -0.05) is 13.0 Å². The van der Waals surface area contributed by atoms with Gasteiger partial charge in [0.1, 0.15) is 5.75 Å². The van der Waals surface area contributed by atoms with Crippen molar-refractivity contribution in [2.24, 2.45) is 11.7 Å². The van der Waals surface area contributed by atoms with E-state index in [1.807, 2.05) is 0 Å². The van der Waals surface area contributed by atoms with Crippen LogP contribution in [0.3, 0.4) is 0 Å². The lowest BCUT2D eigenvalue weighted by molar-refractivity contribution is 0.247. The molecule has 19 heavy (non-hydrogen) atoms. The Morgan fingerprint density at radius 2 is 1.89 bits per heavy atom. The van der Waals surface area contributed by atoms with Crippen LogP contribution in [0.15, 0.2) is 12.1 Å². The first-order valence-corrected chi connectivity index (χ1v) is 6.92. The zero-order valence-corrected chi connectivity index (χ0v) is 13.2. The van der Waals surface area contributed by atoms with Crippen molar-refractivity contribution in [1.82, 2.24) is 4.90 Å². The molecule has 0 amide bonds. The molecule has 0 aliphatic heterocycles. The molecular weight excluding hydrogens is 236 g/mol. The molecule has 1 aromatic rings. The molecule has 0 aliphatic rings. The molecule has 0 fully saturated rings. The molecule has 108 valence electrons. The van der Waals surface area contributed by atoms with E-state index in [-0.39, 0.29) is 0 Å². The number of nitrogens with two attached hydrogens (primary N) is 1. The minimum absolute atomic E-state index is 0.342. The molecule has 0 aliphatic carbocycles. The highest BCUT2D eigenvalue weighted by atomic mass is 16.5. The van der Waals surface area contributed by atoms with Crippen LogP contribution in [0, 0.1) is 19.8 Å². The van der Waals surface area contributed by atoms with E-state index < -0.39 is 0 Å². The SMILES string of the molecule is COc1cc(C)cc(C)c1C(CC(C)CN)N(C)C. The highest BCUT2D eigenvalue weighted by Crippen LogP contribution is 2.35. The first-order valence-electron chi connectivity index (χ1n) is 6.92. The third kappa shape index (κ3) is 3.95. The number of nitrogens with zero attached hydrogens (tertiary/aromatic N) is 1. The lowest BCUT2D eigenvalue weighted by Crippen LogP contribution is -2.25. The van der Waals surface area contributed by atoms with Gasteiger partial charge in [-0.05, 0) is 64.0 Å². The van der Waals surface area contributed by atoms with Gasteiger partial charge >= 0.3 is 0 Å². The van der Waals surface area contributed by atoms with Gasteiger partial charge in [-0.25, -0.2) is 0 Å². The second-order valence-electron chi connectivity index (χ2n) is 5.75. The fraction of sp³-hybridized carbons (Fsp3) is 0.625. The van der Waals surface area contributed by atoms with Crippen LogP contribution in [0.5, 0.6) is 5.75 Å². The topological polar surface area (TPSA) is 38.5 Å². The Labute approximate surface area is 117 Å². The number of benzene rings is 1. The summed E-state index contributed by atoms with van der Waals surface area (Å²) in [5.41, 5.74) is 9.60. The summed E-state index contributed by atoms with van der Waals surface area (Å²) in [6.45, 7) is 7.19. The van der Waals surface area contributed by atoms with Crippen molar-refractivity contribution >= 4 is 0 Å². The van der Waals surface area contributed by atoms with Crippen molar-refractivity contribution < 1.29 is 4.74 Å². The summed E-state index contributed by atoms with van der Waals surface area (Å²) >= 11 is 0. The van der Waals surface area contributed by atoms with Gasteiger partial charge in [0.15, 0.2) is 0 Å². The highest BCUT2D eigenvalue weighted by Gasteiger charge is 2.22. The van der Waals surface area contributed by atoms with Gasteiger partial charge in [0.2, 0.25) is 0 Å². The van der Waals surface area contributed by atoms with E-state index >= 15 is 0 Å². The molecule has 2 atom stereocenters. The van der Waals surface area contributed by atoms with Gasteiger partial charge in [-0.15, -0.1) is 0 Å². The third-order valence-corrected chi connectivity index (χ3v) is 3.70. The minimum atomic E-state index is 0.342. The second kappa shape index (κ2) is 6.92. The van der Waals surface area contributed by atoms with Crippen LogP contribution in [-0.2, 0) is 0 Å². The number of hydrogen-bond acceptors (Lipinski definition) is 3. The monoisotopic (exact) mass is 264 g/mol. The summed E-state index contributed by atoms with van der Waals surface area (Å²) in [5.74, 6) is 1.48. The molecule has 0 saturated heterocycles. The van der Waals surface area contributed by atoms with Crippen molar-refractivity contribution in [2.45, 2.75) is 33.2 Å². The second-order valence-corrected chi connectivity index (χ2v) is 5.75. The van der Waals surface area contributed by atoms with Crippen LogP contribution in [0.1, 0.15) is 36.1 Å². The molecule has 3 nitrogen and oxygen atoms in total. The standard InChI is InChI=1S/C16H28N2O/c1-11-7-13(3)16(15(9-11)19-6)14(18(4)5)8-12(2)10-17/h7,9,12,14H,8,10,17H2,1-6H3. The van der Waals surface area contributed by atoms with Crippen LogP contribution >= 0.6 is 0 Å². The molecule has 2 N–H and O–H groups in total. The summed E-state index contributed by atoms with van der Waals surface area (Å²) in [5, 5.41) is 0. The quantitative estimate of drug-likeness (QED) is 0.858. The van der Waals surface area contributed by atoms with E-state index in [2.05, 4.69) is 51.9 Å². The van der Waals surface area contributed by atoms with E-state index in [1.54, 1.807) is 7.11 Å². The van der Waals surface area contributed by atoms with Gasteiger partial charge in [0.05, 0.1) is 7.11 Å². The van der Waals surface area contributed by atoms with E-state index in [9.17, 15) is 0 Å². The maximum atomic E-state index is 5.78. The van der Waals surface area contributed by atoms with E-state index in [4.69, 9.17) is 10.5 Å². The fourth-order valence-corrected chi connectivity index (χ4v) is 2.60. The minimum Gasteiger partial charge on any atom is -0.496 e. The Morgan fingerprint density at radius 3 is 2.37 bits per heavy atom. The van der Waals surface area contributed by atoms with E-state index in [0.29, 0.717) is 12.0 Å². The Hall–Kier alpha value is -1.06. The predicted molar refractivity (Wildman–Crippen MR) is 81.7 cm³/mol. The number of hydrogen-bond donors (Lipinski definition) is 1. The molecule has 2 unspecified atom stereocenters. The highest BCUT2D eigenvalue weighted by molar-refractivity contribution is 5.45. The summed E-state index contributed by atoms with van der Waals surface area (Å²) in [7, 11) is 5.98. The first-order chi connectivity index (χ1) is 8.90. The summed E-state index contributed by atoms with van der Waals surface area (Å²) in [6, 6.07) is 4.68. The summed E-state index contributed by atoms with van der Waals surface area (Å²) in [6.07, 6.45) is 1.05. The van der Waals surface area contributed by atoms with Crippen molar-refractivity contribution in [3.63, 3.8) is 0 Å². The predicted octanol–water partition coefficient (Wildman–Crippen LogP) is 2.90. The molecule has 3 heteroatoms. The van der Waals surface area contributed by atoms with Crippen LogP contribution in [0.4, 0.5) is 0 Å². The maximum Gasteiger partial charge on any atom is 0.124 e. The molecule has 0 heterocycles. The normalized spacial score (nSPS) is 14.5. The van der Waals surface area contributed by atoms with Gasteiger partial charge < -0.3 is 15.4 Å². The van der Waals surface area contributed by atoms with Gasteiger partial charge in [0.25, 0.3) is 0 Å². The summed E-state index contributed by atoms with van der Waals surface area (Å²) in [4.78, 5) is 2.26. The number of methoxy groups -OCH3 is 1. The Kier molecular flexibility index (Phi) is 5.83. The third-order valence-electron chi connectivity index (χ3n) is 3.70. The average Bonchev–Trinajstić information content (AvgIpc) is 2.35. The molecule has 1 rings (SSSR count). The van der Waals surface area contributed by atoms with Gasteiger partial charge in [0, 0.05) is 11.6 Å². The maximum absolute atomic E-state index is 5.78. The summed E-state index contributed by atoms with van der Waals surface area (Å²) < 4.78 is 5.60. The molecule has 1 aromatic carbocycles. The van der Waals surface area contributed by atoms with Crippen molar-refractivity contribution in [3.8, 4) is 5.75 Å². The van der Waals surface area contributed by atoms with Crippen LogP contribution in [-0.4, -0.2) is 32.6 Å². The van der Waals surface area contributed by atoms with Crippen LogP contribution in [0.25, 0.3) is 0 Å².